The molecular weight excluding hydrogens is 202 g/mol. The van der Waals surface area contributed by atoms with E-state index in [9.17, 15) is 5.11 Å². The molecule has 0 bridgehead atoms. The minimum Gasteiger partial charge on any atom is -0.508 e. The molecule has 4 nitrogen and oxygen atoms in total. The van der Waals surface area contributed by atoms with Gasteiger partial charge in [-0.1, -0.05) is 6.92 Å². The van der Waals surface area contributed by atoms with Crippen LogP contribution < -0.4 is 5.73 Å². The predicted molar refractivity (Wildman–Crippen MR) is 62.9 cm³/mol. The summed E-state index contributed by atoms with van der Waals surface area (Å²) in [5.74, 6) is 0.701. The van der Waals surface area contributed by atoms with Crippen molar-refractivity contribution in [3.63, 3.8) is 0 Å². The summed E-state index contributed by atoms with van der Waals surface area (Å²) in [5, 5.41) is 9.58. The van der Waals surface area contributed by atoms with Gasteiger partial charge in [0.25, 0.3) is 0 Å². The fourth-order valence-corrected chi connectivity index (χ4v) is 1.55. The highest BCUT2D eigenvalue weighted by molar-refractivity contribution is 5.62. The first-order valence-corrected chi connectivity index (χ1v) is 5.10. The van der Waals surface area contributed by atoms with Gasteiger partial charge in [0.15, 0.2) is 0 Å². The normalized spacial score (nSPS) is 10.3. The molecule has 1 heterocycles. The molecule has 0 radical (unpaired) electrons. The van der Waals surface area contributed by atoms with E-state index in [4.69, 9.17) is 5.73 Å². The van der Waals surface area contributed by atoms with E-state index >= 15 is 0 Å². The molecule has 2 rings (SSSR count). The molecule has 0 atom stereocenters. The van der Waals surface area contributed by atoms with Crippen LogP contribution in [0.15, 0.2) is 30.6 Å². The fourth-order valence-electron chi connectivity index (χ4n) is 1.55. The molecule has 0 fully saturated rings. The van der Waals surface area contributed by atoms with Gasteiger partial charge in [0.1, 0.15) is 11.6 Å². The highest BCUT2D eigenvalue weighted by Crippen LogP contribution is 2.24. The number of anilines is 1. The summed E-state index contributed by atoms with van der Waals surface area (Å²) >= 11 is 0. The molecule has 1 aromatic carbocycles. The Morgan fingerprint density at radius 3 is 2.81 bits per heavy atom. The summed E-state index contributed by atoms with van der Waals surface area (Å²) in [6, 6.07) is 5.37. The Hall–Kier alpha value is -2.10. The number of phenolic OH excluding ortho intramolecular Hbond substituents is 1. The standard InChI is InChI=1S/C12H13N3O/c1-2-8-5-9(3-4-11(8)16)10-6-14-7-12(13)15-10/h3-7,16H,2H2,1H3,(H2,13,15). The quantitative estimate of drug-likeness (QED) is 0.803. The summed E-state index contributed by atoms with van der Waals surface area (Å²) in [4.78, 5) is 8.17. The molecular formula is C12H13N3O. The number of rotatable bonds is 2. The topological polar surface area (TPSA) is 72.0 Å². The molecule has 0 spiro atoms. The lowest BCUT2D eigenvalue weighted by Gasteiger charge is -2.05. The average molecular weight is 215 g/mol. The number of aryl methyl sites for hydroxylation is 1. The van der Waals surface area contributed by atoms with Crippen LogP contribution >= 0.6 is 0 Å². The SMILES string of the molecule is CCc1cc(-c2cncc(N)n2)ccc1O. The van der Waals surface area contributed by atoms with Crippen molar-refractivity contribution in [3.05, 3.63) is 36.2 Å². The zero-order valence-corrected chi connectivity index (χ0v) is 9.01. The van der Waals surface area contributed by atoms with Crippen molar-refractivity contribution in [2.24, 2.45) is 0 Å². The highest BCUT2D eigenvalue weighted by Gasteiger charge is 2.04. The first-order chi connectivity index (χ1) is 7.70. The van der Waals surface area contributed by atoms with Gasteiger partial charge in [0, 0.05) is 5.56 Å². The van der Waals surface area contributed by atoms with Crippen LogP contribution in [0.1, 0.15) is 12.5 Å². The van der Waals surface area contributed by atoms with E-state index in [1.54, 1.807) is 18.3 Å². The number of nitrogens with zero attached hydrogens (tertiary/aromatic N) is 2. The first kappa shape index (κ1) is 10.4. The number of hydrogen-bond donors (Lipinski definition) is 2. The molecule has 0 aliphatic carbocycles. The number of nitrogen functional groups attached to an aromatic ring is 1. The number of hydrogen-bond acceptors (Lipinski definition) is 4. The summed E-state index contributed by atoms with van der Waals surface area (Å²) < 4.78 is 0. The molecule has 0 unspecified atom stereocenters. The van der Waals surface area contributed by atoms with Gasteiger partial charge in [-0.25, -0.2) is 4.98 Å². The molecule has 0 aliphatic rings. The van der Waals surface area contributed by atoms with Crippen molar-refractivity contribution in [1.82, 2.24) is 9.97 Å². The van der Waals surface area contributed by atoms with Crippen molar-refractivity contribution in [3.8, 4) is 17.0 Å². The molecule has 0 amide bonds. The van der Waals surface area contributed by atoms with E-state index in [-0.39, 0.29) is 0 Å². The summed E-state index contributed by atoms with van der Waals surface area (Å²) in [5.41, 5.74) is 8.09. The van der Waals surface area contributed by atoms with Crippen LogP contribution in [0, 0.1) is 0 Å². The second kappa shape index (κ2) is 4.18. The number of aromatic nitrogens is 2. The van der Waals surface area contributed by atoms with Gasteiger partial charge in [-0.05, 0) is 30.2 Å². The van der Waals surface area contributed by atoms with Crippen molar-refractivity contribution in [1.29, 1.82) is 0 Å². The third-order valence-electron chi connectivity index (χ3n) is 2.41. The second-order valence-corrected chi connectivity index (χ2v) is 3.53. The zero-order chi connectivity index (χ0) is 11.5. The maximum Gasteiger partial charge on any atom is 0.142 e. The van der Waals surface area contributed by atoms with Crippen LogP contribution in [0.3, 0.4) is 0 Å². The smallest absolute Gasteiger partial charge is 0.142 e. The Bertz CT molecular complexity index is 511. The van der Waals surface area contributed by atoms with Gasteiger partial charge in [-0.15, -0.1) is 0 Å². The van der Waals surface area contributed by atoms with Crippen LogP contribution in [0.25, 0.3) is 11.3 Å². The lowest BCUT2D eigenvalue weighted by atomic mass is 10.1. The molecule has 3 N–H and O–H groups in total. The molecule has 0 saturated heterocycles. The zero-order valence-electron chi connectivity index (χ0n) is 9.01. The Kier molecular flexibility index (Phi) is 2.72. The Balaban J connectivity index is 2.48. The van der Waals surface area contributed by atoms with Gasteiger partial charge in [0.2, 0.25) is 0 Å². The molecule has 82 valence electrons. The monoisotopic (exact) mass is 215 g/mol. The molecule has 4 heteroatoms. The van der Waals surface area contributed by atoms with E-state index in [1.165, 1.54) is 6.20 Å². The van der Waals surface area contributed by atoms with Crippen molar-refractivity contribution >= 4 is 5.82 Å². The van der Waals surface area contributed by atoms with Gasteiger partial charge in [-0.3, -0.25) is 4.98 Å². The summed E-state index contributed by atoms with van der Waals surface area (Å²) in [6.07, 6.45) is 3.93. The average Bonchev–Trinajstić information content (AvgIpc) is 2.29. The van der Waals surface area contributed by atoms with Gasteiger partial charge < -0.3 is 10.8 Å². The van der Waals surface area contributed by atoms with Crippen LogP contribution in [-0.2, 0) is 6.42 Å². The largest absolute Gasteiger partial charge is 0.508 e. The minimum absolute atomic E-state index is 0.308. The lowest BCUT2D eigenvalue weighted by molar-refractivity contribution is 0.469. The van der Waals surface area contributed by atoms with E-state index in [2.05, 4.69) is 9.97 Å². The molecule has 2 aromatic rings. The van der Waals surface area contributed by atoms with Crippen molar-refractivity contribution in [2.45, 2.75) is 13.3 Å². The summed E-state index contributed by atoms with van der Waals surface area (Å²) in [6.45, 7) is 1.99. The molecule has 1 aromatic heterocycles. The number of nitrogens with two attached hydrogens (primary N) is 1. The van der Waals surface area contributed by atoms with E-state index in [0.717, 1.165) is 23.2 Å². The molecule has 0 aliphatic heterocycles. The lowest BCUT2D eigenvalue weighted by Crippen LogP contribution is -1.94. The van der Waals surface area contributed by atoms with Crippen molar-refractivity contribution in [2.75, 3.05) is 5.73 Å². The van der Waals surface area contributed by atoms with Crippen LogP contribution in [0.2, 0.25) is 0 Å². The van der Waals surface area contributed by atoms with Crippen LogP contribution in [0.4, 0.5) is 5.82 Å². The highest BCUT2D eigenvalue weighted by atomic mass is 16.3. The van der Waals surface area contributed by atoms with Crippen LogP contribution in [0.5, 0.6) is 5.75 Å². The van der Waals surface area contributed by atoms with Gasteiger partial charge in [-0.2, -0.15) is 0 Å². The number of phenols is 1. The van der Waals surface area contributed by atoms with Crippen molar-refractivity contribution < 1.29 is 5.11 Å². The molecule has 16 heavy (non-hydrogen) atoms. The Morgan fingerprint density at radius 1 is 1.31 bits per heavy atom. The fraction of sp³-hybridized carbons (Fsp3) is 0.167. The Morgan fingerprint density at radius 2 is 2.12 bits per heavy atom. The number of aromatic hydroxyl groups is 1. The maximum absolute atomic E-state index is 9.58. The van der Waals surface area contributed by atoms with E-state index in [0.29, 0.717) is 11.6 Å². The van der Waals surface area contributed by atoms with E-state index in [1.807, 2.05) is 13.0 Å². The van der Waals surface area contributed by atoms with Gasteiger partial charge >= 0.3 is 0 Å². The maximum atomic E-state index is 9.58. The minimum atomic E-state index is 0.308. The Labute approximate surface area is 93.8 Å². The van der Waals surface area contributed by atoms with Gasteiger partial charge in [0.05, 0.1) is 18.1 Å². The molecule has 0 saturated carbocycles. The first-order valence-electron chi connectivity index (χ1n) is 5.10. The second-order valence-electron chi connectivity index (χ2n) is 3.53. The van der Waals surface area contributed by atoms with E-state index < -0.39 is 0 Å². The van der Waals surface area contributed by atoms with Crippen LogP contribution in [-0.4, -0.2) is 15.1 Å². The number of benzene rings is 1. The third kappa shape index (κ3) is 1.95. The summed E-state index contributed by atoms with van der Waals surface area (Å²) in [7, 11) is 0. The third-order valence-corrected chi connectivity index (χ3v) is 2.41. The predicted octanol–water partition coefficient (Wildman–Crippen LogP) is 1.99.